The van der Waals surface area contributed by atoms with E-state index in [0.29, 0.717) is 17.8 Å². The zero-order chi connectivity index (χ0) is 33.4. The third-order valence-corrected chi connectivity index (χ3v) is 8.57. The van der Waals surface area contributed by atoms with Gasteiger partial charge in [-0.1, -0.05) is 38.6 Å². The molecule has 3 aromatic rings. The van der Waals surface area contributed by atoms with Crippen LogP contribution < -0.4 is 15.9 Å². The molecule has 3 aliphatic heterocycles. The summed E-state index contributed by atoms with van der Waals surface area (Å²) in [6.07, 6.45) is 6.92. The van der Waals surface area contributed by atoms with E-state index in [4.69, 9.17) is 0 Å². The van der Waals surface area contributed by atoms with Crippen LogP contribution in [0.5, 0.6) is 0 Å². The number of carbonyl (C=O) groups is 2. The number of hydrogen-bond acceptors (Lipinski definition) is 8. The minimum Gasteiger partial charge on any atom is -0.352 e. The van der Waals surface area contributed by atoms with E-state index < -0.39 is 35.0 Å². The summed E-state index contributed by atoms with van der Waals surface area (Å²) in [7, 11) is 0. The van der Waals surface area contributed by atoms with E-state index in [2.05, 4.69) is 32.9 Å². The number of carbonyl (C=O) groups excluding carboxylic acids is 2. The molecule has 1 aromatic carbocycles. The van der Waals surface area contributed by atoms with Gasteiger partial charge in [-0.15, -0.1) is 0 Å². The zero-order valence-electron chi connectivity index (χ0n) is 25.9. The van der Waals surface area contributed by atoms with Crippen LogP contribution in [-0.2, 0) is 9.59 Å². The van der Waals surface area contributed by atoms with Crippen LogP contribution in [0.3, 0.4) is 0 Å². The highest BCUT2D eigenvalue weighted by Crippen LogP contribution is 2.36. The highest BCUT2D eigenvalue weighted by molar-refractivity contribution is 6.21. The van der Waals surface area contributed by atoms with Gasteiger partial charge in [0.25, 0.3) is 0 Å². The zero-order valence-corrected chi connectivity index (χ0v) is 25.9. The van der Waals surface area contributed by atoms with Crippen molar-refractivity contribution in [3.05, 3.63) is 77.4 Å². The third kappa shape index (κ3) is 5.82. The Balaban J connectivity index is 1.65. The average Bonchev–Trinajstić information content (AvgIpc) is 3.25. The number of anilines is 2. The molecule has 1 unspecified atom stereocenters. The van der Waals surface area contributed by atoms with Crippen molar-refractivity contribution in [1.82, 2.24) is 19.4 Å². The van der Waals surface area contributed by atoms with Crippen LogP contribution in [-0.4, -0.2) is 62.6 Å². The van der Waals surface area contributed by atoms with E-state index in [1.807, 2.05) is 26.0 Å². The van der Waals surface area contributed by atoms with Crippen molar-refractivity contribution < 1.29 is 18.4 Å². The fourth-order valence-corrected chi connectivity index (χ4v) is 6.31. The second-order valence-corrected chi connectivity index (χ2v) is 11.9. The third-order valence-electron chi connectivity index (χ3n) is 8.57. The van der Waals surface area contributed by atoms with Gasteiger partial charge < -0.3 is 15.1 Å². The van der Waals surface area contributed by atoms with Gasteiger partial charge in [-0.3, -0.25) is 14.6 Å². The summed E-state index contributed by atoms with van der Waals surface area (Å²) >= 11 is 0. The lowest BCUT2D eigenvalue weighted by Gasteiger charge is -2.41. The lowest BCUT2D eigenvalue weighted by atomic mass is 9.98. The van der Waals surface area contributed by atoms with Crippen molar-refractivity contribution in [2.45, 2.75) is 39.2 Å². The van der Waals surface area contributed by atoms with Crippen LogP contribution >= 0.6 is 0 Å². The molecular weight excluding hydrogens is 606 g/mol. The Morgan fingerprint density at radius 3 is 2.77 bits per heavy atom. The number of rotatable bonds is 4. The van der Waals surface area contributed by atoms with Crippen LogP contribution in [0.4, 0.5) is 20.3 Å². The minimum absolute atomic E-state index is 0.0119. The summed E-state index contributed by atoms with van der Waals surface area (Å²) in [5.74, 6) is -2.79. The predicted molar refractivity (Wildman–Crippen MR) is 174 cm³/mol. The largest absolute Gasteiger partial charge is 0.355 e. The minimum atomic E-state index is -0.901. The maximum atomic E-state index is 16.3. The van der Waals surface area contributed by atoms with E-state index in [0.717, 1.165) is 12.1 Å². The van der Waals surface area contributed by atoms with Crippen LogP contribution in [0, 0.1) is 34.8 Å². The Kier molecular flexibility index (Phi) is 8.51. The van der Waals surface area contributed by atoms with Gasteiger partial charge in [-0.2, -0.15) is 10.2 Å². The molecule has 6 rings (SSSR count). The second kappa shape index (κ2) is 12.7. The van der Waals surface area contributed by atoms with Crippen molar-refractivity contribution >= 4 is 45.8 Å². The van der Waals surface area contributed by atoms with Gasteiger partial charge in [0.2, 0.25) is 11.8 Å². The van der Waals surface area contributed by atoms with Gasteiger partial charge in [-0.05, 0) is 42.5 Å². The van der Waals surface area contributed by atoms with Crippen molar-refractivity contribution in [3.8, 4) is 17.3 Å². The Labute approximate surface area is 269 Å². The average molecular weight is 639 g/mol. The molecule has 11 nitrogen and oxygen atoms in total. The Hall–Kier alpha value is -5.51. The molecule has 0 radical (unpaired) electrons. The number of hydrogen-bond donors (Lipinski definition) is 1. The first kappa shape index (κ1) is 31.5. The van der Waals surface area contributed by atoms with Crippen LogP contribution in [0.2, 0.25) is 0 Å². The summed E-state index contributed by atoms with van der Waals surface area (Å²) in [4.78, 5) is 56.8. The first-order valence-electron chi connectivity index (χ1n) is 15.3. The van der Waals surface area contributed by atoms with E-state index in [1.165, 1.54) is 27.7 Å². The SMILES string of the molecule is C=CC(=O)N1CCN(c2nc(=O)n3c4nc(c(F)cc24)-c2c(F)cccc2NC(=O)CCC2C=CN=C(C(C)C)C3=C2)C[C@@H]1CC#N. The molecule has 2 amide bonds. The number of aliphatic imine (C=N–C) groups is 1. The molecule has 4 bridgehead atoms. The normalized spacial score (nSPS) is 19.4. The number of pyridine rings is 1. The quantitative estimate of drug-likeness (QED) is 0.410. The molecule has 1 fully saturated rings. The van der Waals surface area contributed by atoms with Gasteiger partial charge in [0.15, 0.2) is 11.5 Å². The summed E-state index contributed by atoms with van der Waals surface area (Å²) in [6, 6.07) is 6.75. The number of amides is 2. The number of benzene rings is 1. The summed E-state index contributed by atoms with van der Waals surface area (Å²) in [5.41, 5.74) is -0.394. The number of fused-ring (bicyclic) bond motifs is 5. The number of allylic oxidation sites excluding steroid dienone is 3. The first-order chi connectivity index (χ1) is 22.6. The van der Waals surface area contributed by atoms with Crippen molar-refractivity contribution in [2.24, 2.45) is 16.8 Å². The molecule has 47 heavy (non-hydrogen) atoms. The van der Waals surface area contributed by atoms with Gasteiger partial charge in [0, 0.05) is 32.3 Å². The van der Waals surface area contributed by atoms with E-state index in [9.17, 15) is 19.6 Å². The summed E-state index contributed by atoms with van der Waals surface area (Å²) in [5, 5.41) is 12.4. The fraction of sp³-hybridized carbons (Fsp3) is 0.324. The standard InChI is InChI=1S/C34H32F2N8O3/c1-4-28(46)43-15-14-42(18-21(43)10-12-37)32-22-17-24(36)31-29-23(35)6-5-7-25(29)39-27(45)9-8-20-11-13-38-30(19(2)3)26(16-20)44(33(22)40-31)34(47)41-32/h4-7,11,13,16-17,19-21H,1,8-10,14-15,18H2,2-3H3,(H,39,45)/t20?,21-/m0/s1. The Morgan fingerprint density at radius 1 is 1.21 bits per heavy atom. The Morgan fingerprint density at radius 2 is 2.02 bits per heavy atom. The van der Waals surface area contributed by atoms with Crippen molar-refractivity contribution in [3.63, 3.8) is 0 Å². The number of halogens is 2. The topological polar surface area (TPSA) is 137 Å². The van der Waals surface area contributed by atoms with Crippen LogP contribution in [0.25, 0.3) is 28.0 Å². The Bertz CT molecular complexity index is 2010. The monoisotopic (exact) mass is 638 g/mol. The smallest absolute Gasteiger partial charge is 0.352 e. The van der Waals surface area contributed by atoms with E-state index in [-0.39, 0.29) is 78.3 Å². The molecule has 3 aliphatic rings. The maximum Gasteiger partial charge on any atom is 0.355 e. The van der Waals surface area contributed by atoms with E-state index >= 15 is 8.78 Å². The predicted octanol–water partition coefficient (Wildman–Crippen LogP) is 4.67. The maximum absolute atomic E-state index is 16.3. The van der Waals surface area contributed by atoms with Crippen LogP contribution in [0.1, 0.15) is 33.1 Å². The summed E-state index contributed by atoms with van der Waals surface area (Å²) in [6.45, 7) is 7.97. The number of nitrogens with one attached hydrogen (secondary N) is 1. The molecule has 5 heterocycles. The molecule has 0 saturated carbocycles. The molecule has 0 spiro atoms. The number of nitrogens with zero attached hydrogens (tertiary/aromatic N) is 7. The number of aromatic nitrogens is 3. The van der Waals surface area contributed by atoms with Gasteiger partial charge in [-0.25, -0.2) is 23.1 Å². The molecule has 2 aromatic heterocycles. The highest BCUT2D eigenvalue weighted by atomic mass is 19.1. The molecule has 0 aliphatic carbocycles. The molecule has 240 valence electrons. The molecule has 1 N–H and O–H groups in total. The van der Waals surface area contributed by atoms with Gasteiger partial charge >= 0.3 is 5.69 Å². The van der Waals surface area contributed by atoms with Crippen molar-refractivity contribution in [1.29, 1.82) is 5.26 Å². The van der Waals surface area contributed by atoms with Crippen molar-refractivity contribution in [2.75, 3.05) is 29.9 Å². The molecule has 13 heteroatoms. The molecular formula is C34H32F2N8O3. The first-order valence-corrected chi connectivity index (χ1v) is 15.3. The lowest BCUT2D eigenvalue weighted by Crippen LogP contribution is -2.55. The molecule has 1 saturated heterocycles. The van der Waals surface area contributed by atoms with Gasteiger partial charge in [0.05, 0.1) is 46.6 Å². The fourth-order valence-electron chi connectivity index (χ4n) is 6.31. The number of piperazine rings is 1. The lowest BCUT2D eigenvalue weighted by molar-refractivity contribution is -0.128. The molecule has 2 atom stereocenters. The number of nitriles is 1. The van der Waals surface area contributed by atoms with E-state index in [1.54, 1.807) is 11.1 Å². The highest BCUT2D eigenvalue weighted by Gasteiger charge is 2.33. The van der Waals surface area contributed by atoms with Gasteiger partial charge in [0.1, 0.15) is 17.3 Å². The van der Waals surface area contributed by atoms with Crippen LogP contribution in [0.15, 0.2) is 65.1 Å². The second-order valence-electron chi connectivity index (χ2n) is 11.9. The summed E-state index contributed by atoms with van der Waals surface area (Å²) < 4.78 is 33.1.